The highest BCUT2D eigenvalue weighted by molar-refractivity contribution is 5.93. The molecule has 0 aromatic carbocycles. The summed E-state index contributed by atoms with van der Waals surface area (Å²) in [6.45, 7) is 6.70. The maximum Gasteiger partial charge on any atom is 0.252 e. The first kappa shape index (κ1) is 19.3. The molecule has 0 aliphatic heterocycles. The Labute approximate surface area is 163 Å². The fraction of sp³-hybridized carbons (Fsp3) is 0.316. The molecule has 3 rings (SSSR count). The number of pyridine rings is 1. The number of hydrogen-bond acceptors (Lipinski definition) is 7. The van der Waals surface area contributed by atoms with Crippen LogP contribution in [0.4, 0.5) is 5.82 Å². The van der Waals surface area contributed by atoms with Gasteiger partial charge in [0.25, 0.3) is 5.91 Å². The van der Waals surface area contributed by atoms with Gasteiger partial charge in [-0.15, -0.1) is 0 Å². The van der Waals surface area contributed by atoms with Gasteiger partial charge in [0.1, 0.15) is 11.6 Å². The summed E-state index contributed by atoms with van der Waals surface area (Å²) in [7, 11) is 1.53. The third-order valence-corrected chi connectivity index (χ3v) is 3.98. The number of aryl methyl sites for hydroxylation is 3. The van der Waals surface area contributed by atoms with E-state index < -0.39 is 0 Å². The summed E-state index contributed by atoms with van der Waals surface area (Å²) in [6.07, 6.45) is 1.48. The minimum Gasteiger partial charge on any atom is -0.481 e. The van der Waals surface area contributed by atoms with Crippen LogP contribution >= 0.6 is 0 Å². The Morgan fingerprint density at radius 2 is 1.96 bits per heavy atom. The molecular formula is C19H23N7O2. The van der Waals surface area contributed by atoms with Crippen LogP contribution in [0.3, 0.4) is 0 Å². The lowest BCUT2D eigenvalue weighted by Gasteiger charge is -2.10. The molecule has 3 aromatic rings. The number of rotatable bonds is 7. The molecule has 3 aromatic heterocycles. The van der Waals surface area contributed by atoms with Gasteiger partial charge in [-0.25, -0.2) is 19.6 Å². The van der Waals surface area contributed by atoms with E-state index in [2.05, 4.69) is 30.7 Å². The second kappa shape index (κ2) is 8.47. The number of aromatic nitrogens is 5. The molecule has 0 aliphatic rings. The normalized spacial score (nSPS) is 10.6. The van der Waals surface area contributed by atoms with Crippen LogP contribution in [0.2, 0.25) is 0 Å². The van der Waals surface area contributed by atoms with Crippen molar-refractivity contribution in [2.45, 2.75) is 20.8 Å². The van der Waals surface area contributed by atoms with E-state index in [0.29, 0.717) is 42.0 Å². The van der Waals surface area contributed by atoms with Crippen molar-refractivity contribution in [3.05, 3.63) is 53.2 Å². The van der Waals surface area contributed by atoms with E-state index in [1.807, 2.05) is 32.9 Å². The standard InChI is InChI=1S/C19H23N7O2/c1-12-9-13(2)26(25-12)17-10-16(23-14(3)24-17)20-7-8-21-19(27)15-5-6-18(28-4)22-11-15/h5-6,9-11H,7-8H2,1-4H3,(H,21,27)(H,20,23,24). The highest BCUT2D eigenvalue weighted by Gasteiger charge is 2.09. The largest absolute Gasteiger partial charge is 0.481 e. The first-order valence-corrected chi connectivity index (χ1v) is 8.87. The van der Waals surface area contributed by atoms with Crippen LogP contribution in [0.1, 0.15) is 27.6 Å². The summed E-state index contributed by atoms with van der Waals surface area (Å²) in [5, 5.41) is 10.5. The van der Waals surface area contributed by atoms with Gasteiger partial charge >= 0.3 is 0 Å². The van der Waals surface area contributed by atoms with Crippen LogP contribution in [0.25, 0.3) is 5.82 Å². The van der Waals surface area contributed by atoms with Gasteiger partial charge < -0.3 is 15.4 Å². The van der Waals surface area contributed by atoms with E-state index in [1.165, 1.54) is 13.3 Å². The molecule has 3 heterocycles. The predicted molar refractivity (Wildman–Crippen MR) is 105 cm³/mol. The second-order valence-corrected chi connectivity index (χ2v) is 6.27. The van der Waals surface area contributed by atoms with Crippen LogP contribution in [-0.2, 0) is 0 Å². The molecule has 0 saturated carbocycles. The second-order valence-electron chi connectivity index (χ2n) is 6.27. The molecule has 0 fully saturated rings. The molecule has 0 bridgehead atoms. The monoisotopic (exact) mass is 381 g/mol. The highest BCUT2D eigenvalue weighted by Crippen LogP contribution is 2.13. The zero-order valence-corrected chi connectivity index (χ0v) is 16.4. The molecular weight excluding hydrogens is 358 g/mol. The minimum atomic E-state index is -0.195. The van der Waals surface area contributed by atoms with Crippen molar-refractivity contribution in [2.75, 3.05) is 25.5 Å². The zero-order valence-electron chi connectivity index (χ0n) is 16.4. The van der Waals surface area contributed by atoms with Crippen molar-refractivity contribution < 1.29 is 9.53 Å². The van der Waals surface area contributed by atoms with E-state index in [0.717, 1.165) is 11.4 Å². The maximum atomic E-state index is 12.1. The SMILES string of the molecule is COc1ccc(C(=O)NCCNc2cc(-n3nc(C)cc3C)nc(C)n2)cn1. The number of methoxy groups -OCH3 is 1. The van der Waals surface area contributed by atoms with E-state index in [1.54, 1.807) is 16.8 Å². The Morgan fingerprint density at radius 1 is 1.14 bits per heavy atom. The zero-order chi connectivity index (χ0) is 20.1. The number of nitrogens with zero attached hydrogens (tertiary/aromatic N) is 5. The average Bonchev–Trinajstić information content (AvgIpc) is 3.03. The minimum absolute atomic E-state index is 0.195. The Morgan fingerprint density at radius 3 is 2.61 bits per heavy atom. The molecule has 2 N–H and O–H groups in total. The average molecular weight is 381 g/mol. The van der Waals surface area contributed by atoms with Gasteiger partial charge in [-0.1, -0.05) is 0 Å². The fourth-order valence-electron chi connectivity index (χ4n) is 2.72. The van der Waals surface area contributed by atoms with Crippen molar-refractivity contribution in [1.82, 2.24) is 30.0 Å². The van der Waals surface area contributed by atoms with Crippen molar-refractivity contribution >= 4 is 11.7 Å². The molecule has 0 aliphatic carbocycles. The van der Waals surface area contributed by atoms with Gasteiger partial charge in [0, 0.05) is 37.1 Å². The summed E-state index contributed by atoms with van der Waals surface area (Å²) in [5.74, 6) is 2.29. The van der Waals surface area contributed by atoms with Gasteiger partial charge in [-0.05, 0) is 32.9 Å². The van der Waals surface area contributed by atoms with Gasteiger partial charge in [0.05, 0.1) is 18.4 Å². The predicted octanol–water partition coefficient (Wildman–Crippen LogP) is 1.83. The molecule has 28 heavy (non-hydrogen) atoms. The molecule has 1 amide bonds. The number of carbonyl (C=O) groups excluding carboxylic acids is 1. The van der Waals surface area contributed by atoms with Gasteiger partial charge in [-0.3, -0.25) is 4.79 Å². The molecule has 0 spiro atoms. The summed E-state index contributed by atoms with van der Waals surface area (Å²) in [5.41, 5.74) is 2.41. The molecule has 0 unspecified atom stereocenters. The third kappa shape index (κ3) is 4.61. The molecule has 146 valence electrons. The highest BCUT2D eigenvalue weighted by atomic mass is 16.5. The maximum absolute atomic E-state index is 12.1. The molecule has 9 heteroatoms. The first-order valence-electron chi connectivity index (χ1n) is 8.87. The van der Waals surface area contributed by atoms with Crippen molar-refractivity contribution in [3.63, 3.8) is 0 Å². The van der Waals surface area contributed by atoms with Crippen LogP contribution < -0.4 is 15.4 Å². The van der Waals surface area contributed by atoms with Crippen molar-refractivity contribution in [1.29, 1.82) is 0 Å². The van der Waals surface area contributed by atoms with Crippen LogP contribution in [0.5, 0.6) is 5.88 Å². The molecule has 0 radical (unpaired) electrons. The lowest BCUT2D eigenvalue weighted by molar-refractivity contribution is 0.0954. The van der Waals surface area contributed by atoms with E-state index in [-0.39, 0.29) is 5.91 Å². The topological polar surface area (TPSA) is 107 Å². The lowest BCUT2D eigenvalue weighted by Crippen LogP contribution is -2.29. The lowest BCUT2D eigenvalue weighted by atomic mass is 10.2. The van der Waals surface area contributed by atoms with Gasteiger partial charge in [0.15, 0.2) is 5.82 Å². The summed E-state index contributed by atoms with van der Waals surface area (Å²) < 4.78 is 6.77. The van der Waals surface area contributed by atoms with Gasteiger partial charge in [0.2, 0.25) is 5.88 Å². The number of carbonyl (C=O) groups is 1. The number of hydrogen-bond donors (Lipinski definition) is 2. The van der Waals surface area contributed by atoms with E-state index >= 15 is 0 Å². The first-order chi connectivity index (χ1) is 13.5. The number of amides is 1. The van der Waals surface area contributed by atoms with Crippen molar-refractivity contribution in [2.24, 2.45) is 0 Å². The molecule has 0 atom stereocenters. The quantitative estimate of drug-likeness (QED) is 0.601. The van der Waals surface area contributed by atoms with Crippen LogP contribution in [-0.4, -0.2) is 50.8 Å². The number of anilines is 1. The molecule has 0 saturated heterocycles. The Hall–Kier alpha value is -3.49. The third-order valence-electron chi connectivity index (χ3n) is 3.98. The summed E-state index contributed by atoms with van der Waals surface area (Å²) in [6, 6.07) is 7.15. The smallest absolute Gasteiger partial charge is 0.252 e. The number of ether oxygens (including phenoxy) is 1. The summed E-state index contributed by atoms with van der Waals surface area (Å²) >= 11 is 0. The fourth-order valence-corrected chi connectivity index (χ4v) is 2.72. The number of nitrogens with one attached hydrogen (secondary N) is 2. The van der Waals surface area contributed by atoms with Crippen molar-refractivity contribution in [3.8, 4) is 11.7 Å². The van der Waals surface area contributed by atoms with Crippen LogP contribution in [0, 0.1) is 20.8 Å². The molecule has 9 nitrogen and oxygen atoms in total. The van der Waals surface area contributed by atoms with Gasteiger partial charge in [-0.2, -0.15) is 5.10 Å². The Bertz CT molecular complexity index is 967. The van der Waals surface area contributed by atoms with E-state index in [9.17, 15) is 4.79 Å². The Balaban J connectivity index is 1.57. The summed E-state index contributed by atoms with van der Waals surface area (Å²) in [4.78, 5) is 25.0. The van der Waals surface area contributed by atoms with E-state index in [4.69, 9.17) is 4.74 Å². The van der Waals surface area contributed by atoms with Crippen LogP contribution in [0.15, 0.2) is 30.5 Å². The Kier molecular flexibility index (Phi) is 5.83.